The number of halogens is 1. The molecule has 94 valence electrons. The third-order valence-corrected chi connectivity index (χ3v) is 3.16. The molecule has 6 heteroatoms. The van der Waals surface area contributed by atoms with E-state index in [0.29, 0.717) is 0 Å². The molecule has 0 saturated carbocycles. The van der Waals surface area contributed by atoms with E-state index in [9.17, 15) is 9.59 Å². The Bertz CT molecular complexity index is 379. The van der Waals surface area contributed by atoms with E-state index >= 15 is 0 Å². The first-order valence-corrected chi connectivity index (χ1v) is 6.58. The minimum absolute atomic E-state index is 0.0351. The highest BCUT2D eigenvalue weighted by atomic mass is 35.5. The molecule has 0 bridgehead atoms. The number of thiophene rings is 1. The van der Waals surface area contributed by atoms with Crippen molar-refractivity contribution in [2.45, 2.75) is 31.7 Å². The van der Waals surface area contributed by atoms with Gasteiger partial charge in [-0.05, 0) is 25.3 Å². The molecule has 2 N–H and O–H groups in total. The SMILES string of the molecule is CC(Cc1cccs1)NC(=O)NC(=O)C(C)Cl. The van der Waals surface area contributed by atoms with Crippen LogP contribution in [0.4, 0.5) is 4.79 Å². The van der Waals surface area contributed by atoms with Gasteiger partial charge in [0.2, 0.25) is 5.91 Å². The highest BCUT2D eigenvalue weighted by molar-refractivity contribution is 7.09. The molecule has 1 heterocycles. The quantitative estimate of drug-likeness (QED) is 0.827. The number of alkyl halides is 1. The van der Waals surface area contributed by atoms with Crippen molar-refractivity contribution in [3.8, 4) is 0 Å². The van der Waals surface area contributed by atoms with Gasteiger partial charge in [-0.15, -0.1) is 22.9 Å². The zero-order valence-electron chi connectivity index (χ0n) is 9.70. The van der Waals surface area contributed by atoms with Crippen LogP contribution in [0.15, 0.2) is 17.5 Å². The molecule has 0 aliphatic heterocycles. The Morgan fingerprint density at radius 2 is 2.18 bits per heavy atom. The lowest BCUT2D eigenvalue weighted by atomic mass is 10.2. The van der Waals surface area contributed by atoms with Crippen LogP contribution in [0, 0.1) is 0 Å². The topological polar surface area (TPSA) is 58.2 Å². The number of hydrogen-bond donors (Lipinski definition) is 2. The molecule has 0 spiro atoms. The first-order chi connectivity index (χ1) is 7.99. The lowest BCUT2D eigenvalue weighted by molar-refractivity contribution is -0.119. The van der Waals surface area contributed by atoms with Crippen LogP contribution >= 0.6 is 22.9 Å². The van der Waals surface area contributed by atoms with E-state index < -0.39 is 17.3 Å². The largest absolute Gasteiger partial charge is 0.335 e. The lowest BCUT2D eigenvalue weighted by Crippen LogP contribution is -2.46. The average Bonchev–Trinajstić information content (AvgIpc) is 2.69. The summed E-state index contributed by atoms with van der Waals surface area (Å²) < 4.78 is 0. The predicted molar refractivity (Wildman–Crippen MR) is 69.5 cm³/mol. The molecule has 17 heavy (non-hydrogen) atoms. The van der Waals surface area contributed by atoms with Crippen molar-refractivity contribution in [2.75, 3.05) is 0 Å². The number of amides is 3. The third kappa shape index (κ3) is 5.19. The molecule has 0 aliphatic carbocycles. The Morgan fingerprint density at radius 3 is 2.71 bits per heavy atom. The van der Waals surface area contributed by atoms with Crippen molar-refractivity contribution in [1.82, 2.24) is 10.6 Å². The first kappa shape index (κ1) is 14.0. The molecule has 1 aromatic heterocycles. The fourth-order valence-corrected chi connectivity index (χ4v) is 2.14. The molecule has 3 amide bonds. The van der Waals surface area contributed by atoms with Crippen molar-refractivity contribution in [3.63, 3.8) is 0 Å². The second-order valence-electron chi connectivity index (χ2n) is 3.76. The Labute approximate surface area is 109 Å². The van der Waals surface area contributed by atoms with Gasteiger partial charge in [0.05, 0.1) is 0 Å². The van der Waals surface area contributed by atoms with E-state index in [-0.39, 0.29) is 6.04 Å². The van der Waals surface area contributed by atoms with Crippen LogP contribution in [0.2, 0.25) is 0 Å². The van der Waals surface area contributed by atoms with Gasteiger partial charge in [0.25, 0.3) is 0 Å². The monoisotopic (exact) mass is 274 g/mol. The average molecular weight is 275 g/mol. The van der Waals surface area contributed by atoms with E-state index in [0.717, 1.165) is 6.42 Å². The standard InChI is InChI=1S/C11H15ClN2O2S/c1-7(6-9-4-3-5-17-9)13-11(16)14-10(15)8(2)12/h3-5,7-8H,6H2,1-2H3,(H2,13,14,15,16). The number of hydrogen-bond acceptors (Lipinski definition) is 3. The van der Waals surface area contributed by atoms with Crippen LogP contribution in [0.25, 0.3) is 0 Å². The van der Waals surface area contributed by atoms with Gasteiger partial charge >= 0.3 is 6.03 Å². The number of rotatable bonds is 4. The molecule has 1 rings (SSSR count). The maximum atomic E-state index is 11.4. The summed E-state index contributed by atoms with van der Waals surface area (Å²) >= 11 is 7.17. The lowest BCUT2D eigenvalue weighted by Gasteiger charge is -2.13. The highest BCUT2D eigenvalue weighted by Gasteiger charge is 2.14. The first-order valence-electron chi connectivity index (χ1n) is 5.27. The van der Waals surface area contributed by atoms with Crippen LogP contribution in [-0.2, 0) is 11.2 Å². The Morgan fingerprint density at radius 1 is 1.47 bits per heavy atom. The second kappa shape index (κ2) is 6.61. The molecule has 0 aliphatic rings. The molecule has 4 nitrogen and oxygen atoms in total. The molecular weight excluding hydrogens is 260 g/mol. The summed E-state index contributed by atoms with van der Waals surface area (Å²) in [6.07, 6.45) is 0.746. The number of nitrogens with one attached hydrogen (secondary N) is 2. The number of imide groups is 1. The normalized spacial score (nSPS) is 13.8. The van der Waals surface area contributed by atoms with Crippen molar-refractivity contribution in [2.24, 2.45) is 0 Å². The minimum atomic E-state index is -0.714. The highest BCUT2D eigenvalue weighted by Crippen LogP contribution is 2.10. The van der Waals surface area contributed by atoms with Crippen LogP contribution in [-0.4, -0.2) is 23.4 Å². The fraction of sp³-hybridized carbons (Fsp3) is 0.455. The molecule has 2 atom stereocenters. The summed E-state index contributed by atoms with van der Waals surface area (Å²) in [7, 11) is 0. The summed E-state index contributed by atoms with van der Waals surface area (Å²) in [5.41, 5.74) is 0. The van der Waals surface area contributed by atoms with Gasteiger partial charge in [-0.2, -0.15) is 0 Å². The van der Waals surface area contributed by atoms with E-state index in [1.165, 1.54) is 11.8 Å². The Hall–Kier alpha value is -1.07. The van der Waals surface area contributed by atoms with Crippen LogP contribution < -0.4 is 10.6 Å². The molecule has 0 fully saturated rings. The predicted octanol–water partition coefficient (Wildman–Crippen LogP) is 2.13. The number of carbonyl (C=O) groups excluding carboxylic acids is 2. The van der Waals surface area contributed by atoms with Gasteiger partial charge in [0, 0.05) is 17.3 Å². The molecule has 0 saturated heterocycles. The summed E-state index contributed by atoms with van der Waals surface area (Å²) in [6.45, 7) is 3.40. The Balaban J connectivity index is 2.33. The maximum absolute atomic E-state index is 11.4. The van der Waals surface area contributed by atoms with E-state index in [4.69, 9.17) is 11.6 Å². The van der Waals surface area contributed by atoms with Gasteiger partial charge in [0.1, 0.15) is 5.38 Å². The van der Waals surface area contributed by atoms with Crippen molar-refractivity contribution >= 4 is 34.9 Å². The minimum Gasteiger partial charge on any atom is -0.335 e. The van der Waals surface area contributed by atoms with Crippen molar-refractivity contribution in [1.29, 1.82) is 0 Å². The van der Waals surface area contributed by atoms with E-state index in [1.54, 1.807) is 11.3 Å². The maximum Gasteiger partial charge on any atom is 0.321 e. The molecular formula is C11H15ClN2O2S. The van der Waals surface area contributed by atoms with Crippen molar-refractivity contribution < 1.29 is 9.59 Å². The van der Waals surface area contributed by atoms with Crippen LogP contribution in [0.1, 0.15) is 18.7 Å². The zero-order chi connectivity index (χ0) is 12.8. The zero-order valence-corrected chi connectivity index (χ0v) is 11.3. The Kier molecular flexibility index (Phi) is 5.44. The number of urea groups is 1. The van der Waals surface area contributed by atoms with E-state index in [1.807, 2.05) is 24.4 Å². The third-order valence-electron chi connectivity index (χ3n) is 2.06. The summed E-state index contributed by atoms with van der Waals surface area (Å²) in [4.78, 5) is 23.7. The summed E-state index contributed by atoms with van der Waals surface area (Å²) in [6, 6.07) is 3.43. The smallest absolute Gasteiger partial charge is 0.321 e. The molecule has 0 radical (unpaired) electrons. The van der Waals surface area contributed by atoms with Crippen LogP contribution in [0.5, 0.6) is 0 Å². The molecule has 0 aromatic carbocycles. The van der Waals surface area contributed by atoms with Gasteiger partial charge in [-0.3, -0.25) is 10.1 Å². The van der Waals surface area contributed by atoms with E-state index in [2.05, 4.69) is 10.6 Å². The van der Waals surface area contributed by atoms with Crippen molar-refractivity contribution in [3.05, 3.63) is 22.4 Å². The van der Waals surface area contributed by atoms with Gasteiger partial charge < -0.3 is 5.32 Å². The second-order valence-corrected chi connectivity index (χ2v) is 5.45. The summed E-state index contributed by atoms with van der Waals surface area (Å²) in [5, 5.41) is 6.13. The number of carbonyl (C=O) groups is 2. The fourth-order valence-electron chi connectivity index (χ4n) is 1.25. The molecule has 2 unspecified atom stereocenters. The molecule has 1 aromatic rings. The van der Waals surface area contributed by atoms with Gasteiger partial charge in [-0.1, -0.05) is 6.07 Å². The van der Waals surface area contributed by atoms with Gasteiger partial charge in [-0.25, -0.2) is 4.79 Å². The summed E-state index contributed by atoms with van der Waals surface area (Å²) in [5.74, 6) is -0.493. The van der Waals surface area contributed by atoms with Gasteiger partial charge in [0.15, 0.2) is 0 Å². The van der Waals surface area contributed by atoms with Crippen LogP contribution in [0.3, 0.4) is 0 Å².